The van der Waals surface area contributed by atoms with E-state index in [0.29, 0.717) is 11.3 Å². The molecule has 1 amide bonds. The highest BCUT2D eigenvalue weighted by atomic mass is 19.1. The van der Waals surface area contributed by atoms with Gasteiger partial charge in [-0.1, -0.05) is 18.2 Å². The number of hydrogen-bond donors (Lipinski definition) is 1. The molecule has 136 valence electrons. The topological polar surface area (TPSA) is 81.7 Å². The first kappa shape index (κ1) is 19.1. The van der Waals surface area contributed by atoms with Gasteiger partial charge in [0.15, 0.2) is 18.5 Å². The number of benzene rings is 2. The lowest BCUT2D eigenvalue weighted by molar-refractivity contribution is -0.155. The minimum atomic E-state index is -1.10. The zero-order valence-corrected chi connectivity index (χ0v) is 14.3. The lowest BCUT2D eigenvalue weighted by Crippen LogP contribution is -2.32. The molecule has 0 heterocycles. The third-order valence-corrected chi connectivity index (χ3v) is 3.39. The fourth-order valence-electron chi connectivity index (χ4n) is 2.12. The third-order valence-electron chi connectivity index (χ3n) is 3.39. The molecule has 0 aliphatic carbocycles. The number of halogens is 1. The maximum atomic E-state index is 13.0. The molecule has 1 atom stereocenters. The molecule has 2 aromatic rings. The molecule has 6 nitrogen and oxygen atoms in total. The van der Waals surface area contributed by atoms with Crippen LogP contribution in [0.1, 0.15) is 24.2 Å². The van der Waals surface area contributed by atoms with Gasteiger partial charge in [-0.3, -0.25) is 9.59 Å². The predicted molar refractivity (Wildman–Crippen MR) is 92.5 cm³/mol. The van der Waals surface area contributed by atoms with Crippen molar-refractivity contribution in [2.75, 3.05) is 11.9 Å². The van der Waals surface area contributed by atoms with Gasteiger partial charge in [0.1, 0.15) is 11.6 Å². The number of anilines is 1. The summed E-state index contributed by atoms with van der Waals surface area (Å²) in [5, 5.41) is 2.55. The molecule has 7 heteroatoms. The molecule has 2 rings (SSSR count). The molecule has 0 radical (unpaired) electrons. The number of esters is 1. The monoisotopic (exact) mass is 359 g/mol. The molecule has 0 fully saturated rings. The van der Waals surface area contributed by atoms with Gasteiger partial charge in [0, 0.05) is 11.6 Å². The summed E-state index contributed by atoms with van der Waals surface area (Å²) in [5.41, 5.74) is 0.692. The standard InChI is InChI=1S/C19H18FNO5/c1-12(22)16-8-3-4-9-17(16)21-19(24)13(2)26-18(23)11-25-15-7-5-6-14(20)10-15/h3-10,13H,11H2,1-2H3,(H,21,24). The van der Waals surface area contributed by atoms with Crippen LogP contribution in [0, 0.1) is 5.82 Å². The fraction of sp³-hybridized carbons (Fsp3) is 0.211. The number of carbonyl (C=O) groups is 3. The predicted octanol–water partition coefficient (Wildman–Crippen LogP) is 2.98. The Morgan fingerprint density at radius 1 is 1.12 bits per heavy atom. The van der Waals surface area contributed by atoms with Gasteiger partial charge in [-0.25, -0.2) is 9.18 Å². The molecule has 0 saturated carbocycles. The Bertz CT molecular complexity index is 821. The van der Waals surface area contributed by atoms with E-state index in [1.165, 1.54) is 32.0 Å². The second-order valence-electron chi connectivity index (χ2n) is 5.47. The summed E-state index contributed by atoms with van der Waals surface area (Å²) in [7, 11) is 0. The van der Waals surface area contributed by atoms with Crippen molar-refractivity contribution in [2.45, 2.75) is 20.0 Å². The Balaban J connectivity index is 1.88. The van der Waals surface area contributed by atoms with Gasteiger partial charge >= 0.3 is 5.97 Å². The van der Waals surface area contributed by atoms with Crippen LogP contribution in [0.5, 0.6) is 5.75 Å². The first-order chi connectivity index (χ1) is 12.4. The number of Topliss-reactive ketones (excluding diaryl/α,β-unsaturated/α-hetero) is 1. The van der Waals surface area contributed by atoms with E-state index in [-0.39, 0.29) is 11.5 Å². The summed E-state index contributed by atoms with van der Waals surface area (Å²) in [6, 6.07) is 11.8. The van der Waals surface area contributed by atoms with Crippen molar-refractivity contribution in [2.24, 2.45) is 0 Å². The van der Waals surface area contributed by atoms with Gasteiger partial charge in [0.05, 0.1) is 5.69 Å². The largest absolute Gasteiger partial charge is 0.482 e. The van der Waals surface area contributed by atoms with Crippen LogP contribution in [0.3, 0.4) is 0 Å². The zero-order valence-electron chi connectivity index (χ0n) is 14.3. The smallest absolute Gasteiger partial charge is 0.344 e. The van der Waals surface area contributed by atoms with Gasteiger partial charge < -0.3 is 14.8 Å². The summed E-state index contributed by atoms with van der Waals surface area (Å²) >= 11 is 0. The summed E-state index contributed by atoms with van der Waals surface area (Å²) in [4.78, 5) is 35.5. The highest BCUT2D eigenvalue weighted by Crippen LogP contribution is 2.16. The van der Waals surface area contributed by atoms with Crippen LogP contribution in [-0.4, -0.2) is 30.4 Å². The summed E-state index contributed by atoms with van der Waals surface area (Å²) in [6.45, 7) is 2.31. The second-order valence-corrected chi connectivity index (χ2v) is 5.47. The summed E-state index contributed by atoms with van der Waals surface area (Å²) in [6.07, 6.45) is -1.10. The molecule has 0 aliphatic rings. The van der Waals surface area contributed by atoms with E-state index in [1.54, 1.807) is 24.3 Å². The number of hydrogen-bond acceptors (Lipinski definition) is 5. The Morgan fingerprint density at radius 2 is 1.85 bits per heavy atom. The van der Waals surface area contributed by atoms with Crippen LogP contribution < -0.4 is 10.1 Å². The van der Waals surface area contributed by atoms with Crippen molar-refractivity contribution < 1.29 is 28.2 Å². The van der Waals surface area contributed by atoms with E-state index in [0.717, 1.165) is 6.07 Å². The summed E-state index contributed by atoms with van der Waals surface area (Å²) in [5.74, 6) is -1.88. The van der Waals surface area contributed by atoms with E-state index in [2.05, 4.69) is 5.32 Å². The van der Waals surface area contributed by atoms with Crippen molar-refractivity contribution >= 4 is 23.3 Å². The van der Waals surface area contributed by atoms with Crippen LogP contribution in [0.15, 0.2) is 48.5 Å². The van der Waals surface area contributed by atoms with E-state index in [4.69, 9.17) is 9.47 Å². The molecule has 1 N–H and O–H groups in total. The van der Waals surface area contributed by atoms with Gasteiger partial charge in [-0.05, 0) is 38.1 Å². The maximum absolute atomic E-state index is 13.0. The minimum absolute atomic E-state index is 0.175. The number of ether oxygens (including phenoxy) is 2. The normalized spacial score (nSPS) is 11.3. The number of carbonyl (C=O) groups excluding carboxylic acids is 3. The van der Waals surface area contributed by atoms with Crippen molar-refractivity contribution in [3.05, 3.63) is 59.9 Å². The van der Waals surface area contributed by atoms with Gasteiger partial charge in [0.2, 0.25) is 0 Å². The van der Waals surface area contributed by atoms with Crippen molar-refractivity contribution in [1.29, 1.82) is 0 Å². The summed E-state index contributed by atoms with van der Waals surface area (Å²) < 4.78 is 23.1. The Labute approximate surface area is 149 Å². The number of para-hydroxylation sites is 1. The average molecular weight is 359 g/mol. The van der Waals surface area contributed by atoms with E-state index >= 15 is 0 Å². The number of rotatable bonds is 7. The lowest BCUT2D eigenvalue weighted by atomic mass is 10.1. The molecule has 0 saturated heterocycles. The highest BCUT2D eigenvalue weighted by molar-refractivity contribution is 6.04. The molecular weight excluding hydrogens is 341 g/mol. The van der Waals surface area contributed by atoms with E-state index in [9.17, 15) is 18.8 Å². The van der Waals surface area contributed by atoms with E-state index in [1.807, 2.05) is 0 Å². The number of amides is 1. The molecule has 0 aromatic heterocycles. The second kappa shape index (κ2) is 8.75. The molecule has 2 aromatic carbocycles. The van der Waals surface area contributed by atoms with Crippen molar-refractivity contribution in [3.8, 4) is 5.75 Å². The average Bonchev–Trinajstić information content (AvgIpc) is 2.60. The van der Waals surface area contributed by atoms with Gasteiger partial charge in [-0.15, -0.1) is 0 Å². The zero-order chi connectivity index (χ0) is 19.1. The Hall–Kier alpha value is -3.22. The first-order valence-corrected chi connectivity index (χ1v) is 7.85. The van der Waals surface area contributed by atoms with Crippen molar-refractivity contribution in [1.82, 2.24) is 0 Å². The van der Waals surface area contributed by atoms with Crippen LogP contribution in [-0.2, 0) is 14.3 Å². The van der Waals surface area contributed by atoms with Crippen LogP contribution >= 0.6 is 0 Å². The SMILES string of the molecule is CC(=O)c1ccccc1NC(=O)C(C)OC(=O)COc1cccc(F)c1. The molecule has 0 spiro atoms. The van der Waals surface area contributed by atoms with Crippen LogP contribution in [0.25, 0.3) is 0 Å². The highest BCUT2D eigenvalue weighted by Gasteiger charge is 2.20. The molecule has 0 bridgehead atoms. The fourth-order valence-corrected chi connectivity index (χ4v) is 2.12. The molecule has 0 aliphatic heterocycles. The first-order valence-electron chi connectivity index (χ1n) is 7.85. The van der Waals surface area contributed by atoms with Gasteiger partial charge in [0.25, 0.3) is 5.91 Å². The number of nitrogens with one attached hydrogen (secondary N) is 1. The minimum Gasteiger partial charge on any atom is -0.482 e. The van der Waals surface area contributed by atoms with E-state index < -0.39 is 30.4 Å². The lowest BCUT2D eigenvalue weighted by Gasteiger charge is -2.15. The molecule has 1 unspecified atom stereocenters. The quantitative estimate of drug-likeness (QED) is 0.607. The third kappa shape index (κ3) is 5.41. The number of ketones is 1. The van der Waals surface area contributed by atoms with Crippen molar-refractivity contribution in [3.63, 3.8) is 0 Å². The van der Waals surface area contributed by atoms with Gasteiger partial charge in [-0.2, -0.15) is 0 Å². The van der Waals surface area contributed by atoms with Crippen LogP contribution in [0.2, 0.25) is 0 Å². The van der Waals surface area contributed by atoms with Crippen LogP contribution in [0.4, 0.5) is 10.1 Å². The molecular formula is C19H18FNO5. The maximum Gasteiger partial charge on any atom is 0.344 e. The Morgan fingerprint density at radius 3 is 2.54 bits per heavy atom. The molecule has 26 heavy (non-hydrogen) atoms. The Kier molecular flexibility index (Phi) is 6.43.